The second kappa shape index (κ2) is 8.88. The molecule has 2 heterocycles. The summed E-state index contributed by atoms with van der Waals surface area (Å²) < 4.78 is 6.13. The molecule has 2 aromatic rings. The number of hydrogen-bond acceptors (Lipinski definition) is 4. The smallest absolute Gasteiger partial charge is 0.254 e. The first kappa shape index (κ1) is 20.6. The largest absolute Gasteiger partial charge is 0.361 e. The first-order valence-electron chi connectivity index (χ1n) is 9.78. The summed E-state index contributed by atoms with van der Waals surface area (Å²) in [6.07, 6.45) is 0.846. The van der Waals surface area contributed by atoms with Crippen LogP contribution in [0.2, 0.25) is 0 Å². The van der Waals surface area contributed by atoms with E-state index in [2.05, 4.69) is 22.8 Å². The van der Waals surface area contributed by atoms with Gasteiger partial charge in [0, 0.05) is 25.4 Å². The molecule has 0 bridgehead atoms. The van der Waals surface area contributed by atoms with Crippen LogP contribution in [-0.4, -0.2) is 48.1 Å². The maximum Gasteiger partial charge on any atom is 0.254 e. The predicted octanol–water partition coefficient (Wildman–Crippen LogP) is 3.49. The van der Waals surface area contributed by atoms with Gasteiger partial charge in [-0.1, -0.05) is 31.2 Å². The Balaban J connectivity index is 1.97. The number of hydrogen-bond donors (Lipinski definition) is 1. The lowest BCUT2D eigenvalue weighted by atomic mass is 9.87. The van der Waals surface area contributed by atoms with Gasteiger partial charge in [0.15, 0.2) is 5.60 Å². The molecule has 1 aliphatic heterocycles. The summed E-state index contributed by atoms with van der Waals surface area (Å²) in [4.78, 5) is 27.3. The third kappa shape index (κ3) is 4.45. The van der Waals surface area contributed by atoms with Gasteiger partial charge in [0.05, 0.1) is 13.2 Å². The van der Waals surface area contributed by atoms with E-state index in [1.54, 1.807) is 16.2 Å². The highest BCUT2D eigenvalue weighted by Crippen LogP contribution is 2.31. The lowest BCUT2D eigenvalue weighted by Crippen LogP contribution is -2.62. The maximum atomic E-state index is 13.2. The Morgan fingerprint density at radius 2 is 2.07 bits per heavy atom. The van der Waals surface area contributed by atoms with Crippen LogP contribution in [0.3, 0.4) is 0 Å². The van der Waals surface area contributed by atoms with E-state index >= 15 is 0 Å². The molecule has 1 aromatic heterocycles. The zero-order valence-corrected chi connectivity index (χ0v) is 17.6. The number of amides is 2. The minimum Gasteiger partial charge on any atom is -0.361 e. The molecule has 0 aliphatic carbocycles. The highest BCUT2D eigenvalue weighted by molar-refractivity contribution is 7.08. The van der Waals surface area contributed by atoms with Crippen molar-refractivity contribution in [3.63, 3.8) is 0 Å². The highest BCUT2D eigenvalue weighted by Gasteiger charge is 2.45. The fourth-order valence-electron chi connectivity index (χ4n) is 3.62. The quantitative estimate of drug-likeness (QED) is 0.808. The van der Waals surface area contributed by atoms with Crippen LogP contribution in [0.1, 0.15) is 32.8 Å². The van der Waals surface area contributed by atoms with Crippen molar-refractivity contribution >= 4 is 23.2 Å². The lowest BCUT2D eigenvalue weighted by Gasteiger charge is -2.42. The summed E-state index contributed by atoms with van der Waals surface area (Å²) in [6.45, 7) is 6.87. The number of nitrogens with one attached hydrogen (secondary N) is 1. The molecule has 1 fully saturated rings. The number of carbonyl (C=O) groups is 2. The third-order valence-electron chi connectivity index (χ3n) is 5.00. The van der Waals surface area contributed by atoms with Crippen molar-refractivity contribution in [2.75, 3.05) is 19.7 Å². The number of rotatable bonds is 6. The molecule has 0 radical (unpaired) electrons. The van der Waals surface area contributed by atoms with E-state index in [0.717, 1.165) is 16.7 Å². The molecule has 1 atom stereocenters. The summed E-state index contributed by atoms with van der Waals surface area (Å²) >= 11 is 1.65. The van der Waals surface area contributed by atoms with Gasteiger partial charge in [0.1, 0.15) is 0 Å². The number of carbonyl (C=O) groups excluding carboxylic acids is 2. The zero-order valence-electron chi connectivity index (χ0n) is 16.7. The van der Waals surface area contributed by atoms with E-state index < -0.39 is 5.60 Å². The Hall–Kier alpha value is -2.18. The van der Waals surface area contributed by atoms with E-state index in [-0.39, 0.29) is 24.4 Å². The van der Waals surface area contributed by atoms with E-state index in [9.17, 15) is 9.59 Å². The monoisotopic (exact) mass is 400 g/mol. The summed E-state index contributed by atoms with van der Waals surface area (Å²) in [5.41, 5.74) is 2.20. The molecular formula is C22H28N2O3S. The fraction of sp³-hybridized carbons (Fsp3) is 0.455. The topological polar surface area (TPSA) is 58.6 Å². The molecule has 0 unspecified atom stereocenters. The van der Waals surface area contributed by atoms with Crippen molar-refractivity contribution in [3.8, 4) is 11.1 Å². The van der Waals surface area contributed by atoms with Crippen LogP contribution < -0.4 is 5.32 Å². The average Bonchev–Trinajstić information content (AvgIpc) is 3.22. The molecule has 0 spiro atoms. The molecule has 1 aliphatic rings. The van der Waals surface area contributed by atoms with E-state index in [4.69, 9.17) is 4.74 Å². The molecule has 28 heavy (non-hydrogen) atoms. The molecule has 1 saturated heterocycles. The first-order valence-corrected chi connectivity index (χ1v) is 10.7. The van der Waals surface area contributed by atoms with Gasteiger partial charge in [0.2, 0.25) is 5.91 Å². The zero-order chi connectivity index (χ0) is 20.1. The van der Waals surface area contributed by atoms with Crippen molar-refractivity contribution in [3.05, 3.63) is 46.7 Å². The molecule has 1 N–H and O–H groups in total. The normalized spacial score (nSPS) is 19.6. The number of morpholine rings is 1. The first-order chi connectivity index (χ1) is 13.4. The van der Waals surface area contributed by atoms with E-state index in [1.807, 2.05) is 44.4 Å². The second-order valence-corrected chi connectivity index (χ2v) is 8.27. The number of ether oxygens (including phenoxy) is 1. The minimum absolute atomic E-state index is 0.00246. The average molecular weight is 401 g/mol. The van der Waals surface area contributed by atoms with Crippen LogP contribution in [0, 0.1) is 0 Å². The molecule has 0 saturated carbocycles. The summed E-state index contributed by atoms with van der Waals surface area (Å²) in [5.74, 6) is -0.104. The Morgan fingerprint density at radius 3 is 2.75 bits per heavy atom. The number of thiophene rings is 1. The molecule has 5 nitrogen and oxygen atoms in total. The van der Waals surface area contributed by atoms with Crippen molar-refractivity contribution < 1.29 is 14.3 Å². The van der Waals surface area contributed by atoms with Crippen LogP contribution in [0.4, 0.5) is 0 Å². The van der Waals surface area contributed by atoms with Gasteiger partial charge in [-0.25, -0.2) is 0 Å². The standard InChI is InChI=1S/C22H28N2O3S/c1-4-20(25)24-10-11-27-22(15-24,21(26)23-16(2)3)13-17-7-5-6-8-19(17)18-9-12-28-14-18/h5-9,12,14,16H,4,10-11,13,15H2,1-3H3,(H,23,26)/t22-/m0/s1. The molecule has 150 valence electrons. The van der Waals surface area contributed by atoms with Gasteiger partial charge in [-0.05, 0) is 47.4 Å². The summed E-state index contributed by atoms with van der Waals surface area (Å²) in [6, 6.07) is 10.2. The van der Waals surface area contributed by atoms with Gasteiger partial charge in [-0.2, -0.15) is 11.3 Å². The van der Waals surface area contributed by atoms with Crippen molar-refractivity contribution in [2.24, 2.45) is 0 Å². The Labute approximate surface area is 170 Å². The second-order valence-electron chi connectivity index (χ2n) is 7.49. The Kier molecular flexibility index (Phi) is 6.52. The minimum atomic E-state index is -1.08. The fourth-order valence-corrected chi connectivity index (χ4v) is 4.28. The number of benzene rings is 1. The van der Waals surface area contributed by atoms with Crippen LogP contribution in [0.5, 0.6) is 0 Å². The maximum absolute atomic E-state index is 13.2. The molecular weight excluding hydrogens is 372 g/mol. The number of nitrogens with zero attached hydrogens (tertiary/aromatic N) is 1. The van der Waals surface area contributed by atoms with Crippen LogP contribution in [-0.2, 0) is 20.7 Å². The van der Waals surface area contributed by atoms with Gasteiger partial charge < -0.3 is 15.0 Å². The van der Waals surface area contributed by atoms with E-state index in [0.29, 0.717) is 26.0 Å². The third-order valence-corrected chi connectivity index (χ3v) is 5.68. The van der Waals surface area contributed by atoms with Crippen LogP contribution >= 0.6 is 11.3 Å². The SMILES string of the molecule is CCC(=O)N1CCO[C@](Cc2ccccc2-c2ccsc2)(C(=O)NC(C)C)C1. The van der Waals surface area contributed by atoms with Gasteiger partial charge in [0.25, 0.3) is 5.91 Å². The van der Waals surface area contributed by atoms with Gasteiger partial charge in [-0.3, -0.25) is 9.59 Å². The Bertz CT molecular complexity index is 819. The van der Waals surface area contributed by atoms with Crippen molar-refractivity contribution in [2.45, 2.75) is 45.3 Å². The van der Waals surface area contributed by atoms with Crippen LogP contribution in [0.15, 0.2) is 41.1 Å². The predicted molar refractivity (Wildman–Crippen MR) is 112 cm³/mol. The van der Waals surface area contributed by atoms with Gasteiger partial charge >= 0.3 is 0 Å². The molecule has 6 heteroatoms. The molecule has 1 aromatic carbocycles. The summed E-state index contributed by atoms with van der Waals surface area (Å²) in [5, 5.41) is 7.16. The highest BCUT2D eigenvalue weighted by atomic mass is 32.1. The van der Waals surface area contributed by atoms with Crippen molar-refractivity contribution in [1.82, 2.24) is 10.2 Å². The lowest BCUT2D eigenvalue weighted by molar-refractivity contribution is -0.166. The van der Waals surface area contributed by atoms with Crippen LogP contribution in [0.25, 0.3) is 11.1 Å². The molecule has 3 rings (SSSR count). The van der Waals surface area contributed by atoms with Gasteiger partial charge in [-0.15, -0.1) is 0 Å². The van der Waals surface area contributed by atoms with E-state index in [1.165, 1.54) is 0 Å². The van der Waals surface area contributed by atoms with Crippen molar-refractivity contribution in [1.29, 1.82) is 0 Å². The Morgan fingerprint density at radius 1 is 1.29 bits per heavy atom. The summed E-state index contributed by atoms with van der Waals surface area (Å²) in [7, 11) is 0. The molecule has 2 amide bonds.